The van der Waals surface area contributed by atoms with Crippen molar-refractivity contribution < 1.29 is 9.48 Å². The first kappa shape index (κ1) is 7.64. The lowest BCUT2D eigenvalue weighted by atomic mass is 10.7. The van der Waals surface area contributed by atoms with E-state index in [0.29, 0.717) is 0 Å². The molecule has 0 saturated heterocycles. The third-order valence-corrected chi connectivity index (χ3v) is 1.18. The van der Waals surface area contributed by atoms with Gasteiger partial charge in [0.05, 0.1) is 22.3 Å². The molecule has 0 aliphatic carbocycles. The van der Waals surface area contributed by atoms with Crippen molar-refractivity contribution in [2.45, 2.75) is 13.8 Å². The van der Waals surface area contributed by atoms with Gasteiger partial charge in [0, 0.05) is 13.8 Å². The molecule has 0 spiro atoms. The van der Waals surface area contributed by atoms with E-state index >= 15 is 0 Å². The Kier molecular flexibility index (Phi) is 1.84. The molecule has 1 amide bonds. The van der Waals surface area contributed by atoms with Crippen LogP contribution < -0.4 is 10.1 Å². The van der Waals surface area contributed by atoms with Gasteiger partial charge in [-0.25, -0.2) is 0 Å². The number of aryl methyl sites for hydroxylation is 2. The summed E-state index contributed by atoms with van der Waals surface area (Å²) in [7, 11) is 1.75. The molecule has 0 unspecified atom stereocenters. The molecule has 0 radical (unpaired) electrons. The Morgan fingerprint density at radius 2 is 2.36 bits per heavy atom. The van der Waals surface area contributed by atoms with Gasteiger partial charge in [0.25, 0.3) is 11.7 Å². The van der Waals surface area contributed by atoms with E-state index in [4.69, 9.17) is 0 Å². The van der Waals surface area contributed by atoms with E-state index in [9.17, 15) is 4.79 Å². The fourth-order valence-electron chi connectivity index (χ4n) is 0.602. The molecule has 6 heteroatoms. The third kappa shape index (κ3) is 1.73. The number of aromatic nitrogens is 4. The summed E-state index contributed by atoms with van der Waals surface area (Å²) in [4.78, 5) is 11.6. The van der Waals surface area contributed by atoms with Gasteiger partial charge in [-0.05, 0) is 0 Å². The number of hydrogen-bond acceptors (Lipinski definition) is 3. The standard InChI is InChI=1S/C5H9N5O/c1-4-6-10(7-5(2)11)8-9(4)3/h1-3H3/p+1. The molecule has 1 aromatic rings. The van der Waals surface area contributed by atoms with E-state index in [-0.39, 0.29) is 5.91 Å². The van der Waals surface area contributed by atoms with Crippen LogP contribution in [0.1, 0.15) is 12.7 Å². The van der Waals surface area contributed by atoms with Crippen molar-refractivity contribution in [3.05, 3.63) is 5.82 Å². The van der Waals surface area contributed by atoms with Crippen LogP contribution in [0.15, 0.2) is 0 Å². The number of hydrogen-bond donors (Lipinski definition) is 1. The maximum absolute atomic E-state index is 10.5. The van der Waals surface area contributed by atoms with Gasteiger partial charge in [0.15, 0.2) is 0 Å². The summed E-state index contributed by atoms with van der Waals surface area (Å²) >= 11 is 0. The van der Waals surface area contributed by atoms with Crippen LogP contribution >= 0.6 is 0 Å². The summed E-state index contributed by atoms with van der Waals surface area (Å²) in [6.45, 7) is 3.20. The second-order valence-electron chi connectivity index (χ2n) is 2.22. The smallest absolute Gasteiger partial charge is 0.272 e. The number of nitrogens with zero attached hydrogens (tertiary/aromatic N) is 4. The van der Waals surface area contributed by atoms with Crippen molar-refractivity contribution in [1.82, 2.24) is 15.2 Å². The van der Waals surface area contributed by atoms with E-state index in [1.54, 1.807) is 18.7 Å². The maximum atomic E-state index is 10.5. The van der Waals surface area contributed by atoms with Crippen molar-refractivity contribution in [2.24, 2.45) is 7.05 Å². The molecule has 1 rings (SSSR count). The minimum Gasteiger partial charge on any atom is -0.272 e. The van der Waals surface area contributed by atoms with Crippen LogP contribution in [0.2, 0.25) is 0 Å². The van der Waals surface area contributed by atoms with Gasteiger partial charge in [-0.3, -0.25) is 4.79 Å². The molecule has 0 bridgehead atoms. The van der Waals surface area contributed by atoms with Gasteiger partial charge in [0.1, 0.15) is 0 Å². The van der Waals surface area contributed by atoms with E-state index < -0.39 is 0 Å². The van der Waals surface area contributed by atoms with Crippen LogP contribution in [0, 0.1) is 6.92 Å². The maximum Gasteiger partial charge on any atom is 0.297 e. The predicted molar refractivity (Wildman–Crippen MR) is 36.0 cm³/mol. The summed E-state index contributed by atoms with van der Waals surface area (Å²) in [5.41, 5.74) is 2.40. The molecule has 1 N–H and O–H groups in total. The van der Waals surface area contributed by atoms with Crippen LogP contribution in [0.4, 0.5) is 0 Å². The molecule has 0 aromatic carbocycles. The summed E-state index contributed by atoms with van der Waals surface area (Å²) in [5, 5.41) is 7.73. The van der Waals surface area contributed by atoms with Crippen LogP contribution in [-0.2, 0) is 11.8 Å². The Bertz CT molecular complexity index is 259. The molecule has 11 heavy (non-hydrogen) atoms. The van der Waals surface area contributed by atoms with Crippen molar-refractivity contribution in [3.63, 3.8) is 0 Å². The SMILES string of the molecule is CC(=O)Nn1nc(C)[n+](C)n1. The quantitative estimate of drug-likeness (QED) is 0.503. The lowest BCUT2D eigenvalue weighted by molar-refractivity contribution is -0.738. The predicted octanol–water partition coefficient (Wildman–Crippen LogP) is -1.50. The number of carbonyl (C=O) groups excluding carboxylic acids is 1. The first-order valence-electron chi connectivity index (χ1n) is 3.17. The third-order valence-electron chi connectivity index (χ3n) is 1.18. The second kappa shape index (κ2) is 2.65. The van der Waals surface area contributed by atoms with Crippen LogP contribution in [0.5, 0.6) is 0 Å². The number of amides is 1. The van der Waals surface area contributed by atoms with Crippen LogP contribution in [0.3, 0.4) is 0 Å². The van der Waals surface area contributed by atoms with Crippen molar-refractivity contribution in [2.75, 3.05) is 5.43 Å². The van der Waals surface area contributed by atoms with Gasteiger partial charge in [0.2, 0.25) is 0 Å². The van der Waals surface area contributed by atoms with Crippen LogP contribution in [-0.4, -0.2) is 21.1 Å². The number of rotatable bonds is 1. The highest BCUT2D eigenvalue weighted by Gasteiger charge is 2.10. The monoisotopic (exact) mass is 156 g/mol. The van der Waals surface area contributed by atoms with Crippen molar-refractivity contribution in [3.8, 4) is 0 Å². The van der Waals surface area contributed by atoms with Crippen molar-refractivity contribution in [1.29, 1.82) is 0 Å². The average molecular weight is 156 g/mol. The van der Waals surface area contributed by atoms with Crippen LogP contribution in [0.25, 0.3) is 0 Å². The Morgan fingerprint density at radius 3 is 2.73 bits per heavy atom. The first-order chi connectivity index (χ1) is 5.09. The number of nitrogens with one attached hydrogen (secondary N) is 1. The Labute approximate surface area is 63.8 Å². The van der Waals surface area contributed by atoms with E-state index in [0.717, 1.165) is 10.7 Å². The fourth-order valence-corrected chi connectivity index (χ4v) is 0.602. The molecule has 0 saturated carbocycles. The van der Waals surface area contributed by atoms with Gasteiger partial charge in [-0.15, -0.1) is 4.68 Å². The summed E-state index contributed by atoms with van der Waals surface area (Å²) in [6.07, 6.45) is 0. The highest BCUT2D eigenvalue weighted by atomic mass is 16.2. The molecule has 0 fully saturated rings. The van der Waals surface area contributed by atoms with Gasteiger partial charge in [-0.2, -0.15) is 5.43 Å². The van der Waals surface area contributed by atoms with E-state index in [1.807, 2.05) is 0 Å². The number of tetrazole rings is 1. The van der Waals surface area contributed by atoms with E-state index in [2.05, 4.69) is 15.7 Å². The minimum absolute atomic E-state index is 0.194. The zero-order valence-electron chi connectivity index (χ0n) is 6.70. The molecule has 6 nitrogen and oxygen atoms in total. The lowest BCUT2D eigenvalue weighted by Gasteiger charge is -1.85. The van der Waals surface area contributed by atoms with Gasteiger partial charge >= 0.3 is 0 Å². The molecule has 1 heterocycles. The normalized spacial score (nSPS) is 9.73. The number of carbonyl (C=O) groups is 1. The Morgan fingerprint density at radius 1 is 1.73 bits per heavy atom. The Balaban J connectivity index is 2.81. The molecule has 60 valence electrons. The molecular weight excluding hydrogens is 146 g/mol. The first-order valence-corrected chi connectivity index (χ1v) is 3.17. The molecule has 0 aliphatic heterocycles. The summed E-state index contributed by atoms with van der Waals surface area (Å²) in [6, 6.07) is 0. The average Bonchev–Trinajstić information content (AvgIpc) is 2.10. The van der Waals surface area contributed by atoms with Gasteiger partial charge < -0.3 is 0 Å². The largest absolute Gasteiger partial charge is 0.297 e. The second-order valence-corrected chi connectivity index (χ2v) is 2.22. The zero-order valence-corrected chi connectivity index (χ0v) is 6.70. The molecule has 0 aliphatic rings. The summed E-state index contributed by atoms with van der Waals surface area (Å²) < 4.78 is 1.57. The van der Waals surface area contributed by atoms with Crippen molar-refractivity contribution >= 4 is 5.91 Å². The fraction of sp³-hybridized carbons (Fsp3) is 0.600. The van der Waals surface area contributed by atoms with E-state index in [1.165, 1.54) is 6.92 Å². The molecule has 1 aromatic heterocycles. The zero-order chi connectivity index (χ0) is 8.43. The lowest BCUT2D eigenvalue weighted by Crippen LogP contribution is -2.35. The molecular formula is C5H10N5O+. The Hall–Kier alpha value is -1.46. The summed E-state index contributed by atoms with van der Waals surface area (Å²) in [5.74, 6) is 0.541. The topological polar surface area (TPSA) is 63.7 Å². The highest BCUT2D eigenvalue weighted by molar-refractivity contribution is 5.80. The highest BCUT2D eigenvalue weighted by Crippen LogP contribution is 1.74. The molecule has 0 atom stereocenters. The van der Waals surface area contributed by atoms with Gasteiger partial charge in [-0.1, -0.05) is 0 Å². The minimum atomic E-state index is -0.194.